The van der Waals surface area contributed by atoms with E-state index in [0.29, 0.717) is 22.2 Å². The first-order valence-electron chi connectivity index (χ1n) is 5.01. The van der Waals surface area contributed by atoms with Gasteiger partial charge in [0, 0.05) is 24.8 Å². The Morgan fingerprint density at radius 3 is 2.88 bits per heavy atom. The van der Waals surface area contributed by atoms with Crippen molar-refractivity contribution in [1.82, 2.24) is 18.9 Å². The molecule has 0 spiro atoms. The van der Waals surface area contributed by atoms with Gasteiger partial charge >= 0.3 is 0 Å². The van der Waals surface area contributed by atoms with E-state index in [0.717, 1.165) is 5.69 Å². The molecular weight excluding hydrogens is 259 g/mol. The fourth-order valence-electron chi connectivity index (χ4n) is 1.72. The molecule has 0 fully saturated rings. The minimum absolute atomic E-state index is 0.550. The Kier molecular flexibility index (Phi) is 2.53. The number of imidazole rings is 2. The van der Waals surface area contributed by atoms with Crippen LogP contribution in [0.25, 0.3) is 5.65 Å². The van der Waals surface area contributed by atoms with Crippen LogP contribution >= 0.6 is 23.2 Å². The number of hydrogen-bond donors (Lipinski definition) is 0. The average molecular weight is 267 g/mol. The van der Waals surface area contributed by atoms with Crippen LogP contribution in [-0.2, 0) is 6.54 Å². The molecular formula is C11H8Cl2N4. The molecule has 3 rings (SSSR count). The molecule has 0 unspecified atom stereocenters. The molecule has 0 N–H and O–H groups in total. The van der Waals surface area contributed by atoms with Crippen LogP contribution in [-0.4, -0.2) is 18.9 Å². The number of aromatic nitrogens is 4. The molecule has 0 saturated carbocycles. The molecule has 3 aromatic heterocycles. The van der Waals surface area contributed by atoms with E-state index < -0.39 is 0 Å². The standard InChI is InChI=1S/C11H8Cl2N4/c12-8-3-10(13)11-15-9(6-17(11)4-8)5-16-2-1-14-7-16/h1-4,6-7H,5H2. The van der Waals surface area contributed by atoms with E-state index in [4.69, 9.17) is 23.2 Å². The van der Waals surface area contributed by atoms with Gasteiger partial charge in [0.25, 0.3) is 0 Å². The summed E-state index contributed by atoms with van der Waals surface area (Å²) in [5.41, 5.74) is 1.62. The van der Waals surface area contributed by atoms with Crippen molar-refractivity contribution in [3.63, 3.8) is 0 Å². The Morgan fingerprint density at radius 1 is 1.24 bits per heavy atom. The van der Waals surface area contributed by atoms with Crippen LogP contribution in [0.4, 0.5) is 0 Å². The average Bonchev–Trinajstić information content (AvgIpc) is 2.87. The van der Waals surface area contributed by atoms with Gasteiger partial charge in [-0.25, -0.2) is 9.97 Å². The maximum Gasteiger partial charge on any atom is 0.156 e. The third-order valence-corrected chi connectivity index (χ3v) is 2.91. The zero-order valence-corrected chi connectivity index (χ0v) is 10.2. The first-order valence-corrected chi connectivity index (χ1v) is 5.76. The normalized spacial score (nSPS) is 11.2. The Bertz CT molecular complexity index is 657. The van der Waals surface area contributed by atoms with E-state index in [-0.39, 0.29) is 0 Å². The molecule has 0 aliphatic rings. The van der Waals surface area contributed by atoms with Crippen LogP contribution in [0.2, 0.25) is 10.0 Å². The molecule has 0 radical (unpaired) electrons. The zero-order chi connectivity index (χ0) is 11.8. The molecule has 3 heterocycles. The lowest BCUT2D eigenvalue weighted by atomic mass is 10.5. The second kappa shape index (κ2) is 4.05. The van der Waals surface area contributed by atoms with E-state index in [2.05, 4.69) is 9.97 Å². The zero-order valence-electron chi connectivity index (χ0n) is 8.72. The second-order valence-corrected chi connectivity index (χ2v) is 4.55. The van der Waals surface area contributed by atoms with Crippen LogP contribution in [0, 0.1) is 0 Å². The Labute approximate surface area is 107 Å². The highest BCUT2D eigenvalue weighted by Gasteiger charge is 2.06. The summed E-state index contributed by atoms with van der Waals surface area (Å²) in [6, 6.07) is 1.69. The highest BCUT2D eigenvalue weighted by atomic mass is 35.5. The monoisotopic (exact) mass is 266 g/mol. The topological polar surface area (TPSA) is 35.1 Å². The highest BCUT2D eigenvalue weighted by molar-refractivity contribution is 6.36. The number of fused-ring (bicyclic) bond motifs is 1. The maximum atomic E-state index is 6.07. The van der Waals surface area contributed by atoms with Crippen molar-refractivity contribution in [2.75, 3.05) is 0 Å². The van der Waals surface area contributed by atoms with Crippen molar-refractivity contribution in [2.45, 2.75) is 6.54 Å². The fraction of sp³-hybridized carbons (Fsp3) is 0.0909. The minimum atomic E-state index is 0.550. The number of rotatable bonds is 2. The van der Waals surface area contributed by atoms with Crippen molar-refractivity contribution in [2.24, 2.45) is 0 Å². The van der Waals surface area contributed by atoms with E-state index >= 15 is 0 Å². The number of hydrogen-bond acceptors (Lipinski definition) is 2. The molecule has 0 aromatic carbocycles. The van der Waals surface area contributed by atoms with Gasteiger partial charge in [-0.3, -0.25) is 0 Å². The highest BCUT2D eigenvalue weighted by Crippen LogP contribution is 2.21. The van der Waals surface area contributed by atoms with Crippen LogP contribution in [0.1, 0.15) is 5.69 Å². The van der Waals surface area contributed by atoms with Gasteiger partial charge in [-0.2, -0.15) is 0 Å². The lowest BCUT2D eigenvalue weighted by Gasteiger charge is -1.95. The van der Waals surface area contributed by atoms with Crippen molar-refractivity contribution in [3.8, 4) is 0 Å². The first-order chi connectivity index (χ1) is 8.22. The predicted molar refractivity (Wildman–Crippen MR) is 66.5 cm³/mol. The molecule has 0 aliphatic heterocycles. The molecule has 86 valence electrons. The number of nitrogens with zero attached hydrogens (tertiary/aromatic N) is 4. The smallest absolute Gasteiger partial charge is 0.156 e. The maximum absolute atomic E-state index is 6.07. The first kappa shape index (κ1) is 10.6. The molecule has 4 nitrogen and oxygen atoms in total. The van der Waals surface area contributed by atoms with Crippen LogP contribution in [0.3, 0.4) is 0 Å². The van der Waals surface area contributed by atoms with E-state index in [1.165, 1.54) is 0 Å². The molecule has 0 bridgehead atoms. The van der Waals surface area contributed by atoms with Gasteiger partial charge in [-0.1, -0.05) is 23.2 Å². The number of halogens is 2. The third-order valence-electron chi connectivity index (χ3n) is 2.43. The fourth-order valence-corrected chi connectivity index (χ4v) is 2.25. The number of pyridine rings is 1. The van der Waals surface area contributed by atoms with Crippen LogP contribution in [0.5, 0.6) is 0 Å². The molecule has 0 atom stereocenters. The molecule has 3 aromatic rings. The molecule has 17 heavy (non-hydrogen) atoms. The van der Waals surface area contributed by atoms with Crippen molar-refractivity contribution in [1.29, 1.82) is 0 Å². The van der Waals surface area contributed by atoms with Crippen molar-refractivity contribution in [3.05, 3.63) is 52.9 Å². The van der Waals surface area contributed by atoms with Gasteiger partial charge in [0.1, 0.15) is 0 Å². The molecule has 6 heteroatoms. The Balaban J connectivity index is 2.05. The van der Waals surface area contributed by atoms with E-state index in [1.54, 1.807) is 24.8 Å². The summed E-state index contributed by atoms with van der Waals surface area (Å²) in [5.74, 6) is 0. The van der Waals surface area contributed by atoms with Gasteiger partial charge in [0.05, 0.1) is 28.6 Å². The Morgan fingerprint density at radius 2 is 2.12 bits per heavy atom. The van der Waals surface area contributed by atoms with Crippen molar-refractivity contribution < 1.29 is 0 Å². The van der Waals surface area contributed by atoms with Crippen molar-refractivity contribution >= 4 is 28.8 Å². The quantitative estimate of drug-likeness (QED) is 0.715. The lowest BCUT2D eigenvalue weighted by Crippen LogP contribution is -1.95. The van der Waals surface area contributed by atoms with Gasteiger partial charge in [-0.15, -0.1) is 0 Å². The molecule has 0 amide bonds. The van der Waals surface area contributed by atoms with E-state index in [9.17, 15) is 0 Å². The summed E-state index contributed by atoms with van der Waals surface area (Å²) in [6.07, 6.45) is 9.07. The second-order valence-electron chi connectivity index (χ2n) is 3.70. The summed E-state index contributed by atoms with van der Waals surface area (Å²) >= 11 is 12.0. The lowest BCUT2D eigenvalue weighted by molar-refractivity contribution is 0.779. The SMILES string of the molecule is Clc1cc(Cl)c2nc(Cn3ccnc3)cn2c1. The predicted octanol–water partition coefficient (Wildman–Crippen LogP) is 2.89. The molecule has 0 saturated heterocycles. The van der Waals surface area contributed by atoms with Crippen LogP contribution < -0.4 is 0 Å². The van der Waals surface area contributed by atoms with Gasteiger partial charge in [0.2, 0.25) is 0 Å². The summed E-state index contributed by atoms with van der Waals surface area (Å²) in [6.45, 7) is 0.662. The van der Waals surface area contributed by atoms with Crippen LogP contribution in [0.15, 0.2) is 37.2 Å². The summed E-state index contributed by atoms with van der Waals surface area (Å²) in [4.78, 5) is 8.44. The van der Waals surface area contributed by atoms with Gasteiger partial charge < -0.3 is 8.97 Å². The van der Waals surface area contributed by atoms with Gasteiger partial charge in [-0.05, 0) is 6.07 Å². The largest absolute Gasteiger partial charge is 0.331 e. The Hall–Kier alpha value is -1.52. The third kappa shape index (κ3) is 2.01. The van der Waals surface area contributed by atoms with Gasteiger partial charge in [0.15, 0.2) is 5.65 Å². The van der Waals surface area contributed by atoms with E-state index in [1.807, 2.05) is 21.4 Å². The molecule has 0 aliphatic carbocycles. The summed E-state index contributed by atoms with van der Waals surface area (Å²) in [7, 11) is 0. The minimum Gasteiger partial charge on any atom is -0.331 e. The summed E-state index contributed by atoms with van der Waals surface area (Å²) < 4.78 is 3.77. The summed E-state index contributed by atoms with van der Waals surface area (Å²) in [5, 5.41) is 1.14.